The van der Waals surface area contributed by atoms with E-state index in [1.807, 2.05) is 0 Å². The lowest BCUT2D eigenvalue weighted by molar-refractivity contribution is -0.123. The molecule has 2 heterocycles. The van der Waals surface area contributed by atoms with E-state index in [9.17, 15) is 28.0 Å². The van der Waals surface area contributed by atoms with Crippen LogP contribution in [0.1, 0.15) is 17.8 Å². The van der Waals surface area contributed by atoms with Gasteiger partial charge in [0.05, 0.1) is 23.9 Å². The monoisotopic (exact) mass is 577 g/mol. The number of aromatic nitrogens is 2. The first-order valence-corrected chi connectivity index (χ1v) is 12.9. The molecular weight excluding hydrogens is 548 g/mol. The lowest BCUT2D eigenvalue weighted by Gasteiger charge is -2.17. The highest BCUT2D eigenvalue weighted by molar-refractivity contribution is 7.19. The largest absolute Gasteiger partial charge is 0.486 e. The predicted octanol–water partition coefficient (Wildman–Crippen LogP) is 3.24. The number of ether oxygens (including phenoxy) is 2. The molecule has 0 saturated carbocycles. The van der Waals surface area contributed by atoms with Crippen molar-refractivity contribution in [1.29, 1.82) is 0 Å². The Bertz CT molecular complexity index is 1440. The number of pyridine rings is 1. The van der Waals surface area contributed by atoms with E-state index in [2.05, 4.69) is 20.4 Å². The maximum atomic E-state index is 13.1. The summed E-state index contributed by atoms with van der Waals surface area (Å²) in [6, 6.07) is 6.88. The summed E-state index contributed by atoms with van der Waals surface area (Å²) >= 11 is 1.21. The van der Waals surface area contributed by atoms with E-state index in [0.717, 1.165) is 7.11 Å². The van der Waals surface area contributed by atoms with Crippen molar-refractivity contribution in [2.45, 2.75) is 31.9 Å². The Morgan fingerprint density at radius 1 is 1.20 bits per heavy atom. The van der Waals surface area contributed by atoms with Gasteiger partial charge in [0, 0.05) is 20.3 Å². The molecule has 14 heteroatoms. The van der Waals surface area contributed by atoms with Crippen molar-refractivity contribution in [2.75, 3.05) is 33.1 Å². The average molecular weight is 578 g/mol. The molecule has 3 aromatic rings. The molecule has 0 unspecified atom stereocenters. The van der Waals surface area contributed by atoms with Crippen molar-refractivity contribution in [1.82, 2.24) is 19.8 Å². The third kappa shape index (κ3) is 8.33. The van der Waals surface area contributed by atoms with Gasteiger partial charge in [0.15, 0.2) is 0 Å². The first-order chi connectivity index (χ1) is 19.1. The Morgan fingerprint density at radius 2 is 1.98 bits per heavy atom. The number of carbonyl (C=O) groups is 3. The van der Waals surface area contributed by atoms with Gasteiger partial charge in [0.1, 0.15) is 29.1 Å². The van der Waals surface area contributed by atoms with Gasteiger partial charge in [-0.1, -0.05) is 12.1 Å². The normalized spacial score (nSPS) is 11.9. The van der Waals surface area contributed by atoms with Crippen LogP contribution in [-0.4, -0.2) is 72.6 Å². The molecule has 0 radical (unpaired) electrons. The summed E-state index contributed by atoms with van der Waals surface area (Å²) in [5.41, 5.74) is 0.00413. The summed E-state index contributed by atoms with van der Waals surface area (Å²) in [6.45, 7) is -0.686. The molecule has 3 amide bonds. The second-order valence-electron chi connectivity index (χ2n) is 8.66. The smallest absolute Gasteiger partial charge is 0.407 e. The van der Waals surface area contributed by atoms with Crippen LogP contribution in [0, 0.1) is 0 Å². The molecule has 214 valence electrons. The zero-order chi connectivity index (χ0) is 29.2. The molecule has 0 aliphatic rings. The molecule has 0 spiro atoms. The number of nitrogens with zero attached hydrogens (tertiary/aromatic N) is 3. The van der Waals surface area contributed by atoms with Crippen LogP contribution in [0.25, 0.3) is 10.2 Å². The Kier molecular flexibility index (Phi) is 10.7. The zero-order valence-electron chi connectivity index (χ0n) is 22.1. The first-order valence-electron chi connectivity index (χ1n) is 12.1. The second-order valence-corrected chi connectivity index (χ2v) is 9.74. The Morgan fingerprint density at radius 3 is 2.67 bits per heavy atom. The molecule has 11 nitrogen and oxygen atoms in total. The summed E-state index contributed by atoms with van der Waals surface area (Å²) in [4.78, 5) is 55.5. The highest BCUT2D eigenvalue weighted by atomic mass is 32.1. The van der Waals surface area contributed by atoms with Crippen molar-refractivity contribution in [3.8, 4) is 5.75 Å². The van der Waals surface area contributed by atoms with Crippen LogP contribution in [0.5, 0.6) is 5.75 Å². The molecule has 0 aliphatic heterocycles. The molecule has 1 atom stereocenters. The number of thiazole rings is 1. The van der Waals surface area contributed by atoms with Gasteiger partial charge in [-0.2, -0.15) is 0 Å². The van der Waals surface area contributed by atoms with Gasteiger partial charge in [0.25, 0.3) is 12.0 Å². The highest BCUT2D eigenvalue weighted by Crippen LogP contribution is 2.31. The number of hydrogen-bond acceptors (Lipinski definition) is 8. The number of likely N-dealkylation sites (N-methyl/N-ethyl adjacent to an activating group) is 1. The minimum absolute atomic E-state index is 0.0236. The van der Waals surface area contributed by atoms with Gasteiger partial charge in [-0.3, -0.25) is 14.4 Å². The van der Waals surface area contributed by atoms with Crippen LogP contribution in [0.3, 0.4) is 0 Å². The number of alkyl carbamates (subject to hydrolysis) is 1. The molecule has 1 aromatic carbocycles. The average Bonchev–Trinajstić information content (AvgIpc) is 3.34. The van der Waals surface area contributed by atoms with Gasteiger partial charge in [-0.15, -0.1) is 11.3 Å². The van der Waals surface area contributed by atoms with Gasteiger partial charge in [-0.05, 0) is 43.2 Å². The molecule has 0 fully saturated rings. The Hall–Kier alpha value is -4.33. The minimum atomic E-state index is -2.62. The van der Waals surface area contributed by atoms with E-state index in [4.69, 9.17) is 4.74 Å². The molecule has 0 aliphatic carbocycles. The molecule has 3 rings (SSSR count). The predicted molar refractivity (Wildman–Crippen MR) is 146 cm³/mol. The van der Waals surface area contributed by atoms with Crippen LogP contribution in [0.15, 0.2) is 53.5 Å². The summed E-state index contributed by atoms with van der Waals surface area (Å²) in [6.07, 6.45) is 1.45. The van der Waals surface area contributed by atoms with E-state index in [0.29, 0.717) is 21.6 Å². The number of alkyl halides is 2. The number of hydrogen-bond donors (Lipinski definition) is 2. The summed E-state index contributed by atoms with van der Waals surface area (Å²) < 4.78 is 36.9. The highest BCUT2D eigenvalue weighted by Gasteiger charge is 2.22. The zero-order valence-corrected chi connectivity index (χ0v) is 22.9. The minimum Gasteiger partial charge on any atom is -0.486 e. The van der Waals surface area contributed by atoms with Crippen LogP contribution < -0.4 is 20.9 Å². The fourth-order valence-electron chi connectivity index (χ4n) is 3.49. The van der Waals surface area contributed by atoms with Crippen molar-refractivity contribution in [2.24, 2.45) is 0 Å². The summed E-state index contributed by atoms with van der Waals surface area (Å²) in [7, 11) is 4.37. The van der Waals surface area contributed by atoms with E-state index >= 15 is 0 Å². The lowest BCUT2D eigenvalue weighted by Crippen LogP contribution is -2.44. The van der Waals surface area contributed by atoms with Crippen LogP contribution >= 0.6 is 11.3 Å². The standard InChI is InChI=1S/C26H29F2N5O6S/c1-32(2)22(34)12-5-4-8-17(31-26(37)38-3)24(35)30-18-10-7-13-33(25(18)36)14-21-29-16-9-6-11-19(23(16)40-21)39-15-20(27)28/h5-7,9-13,17,20H,4,8,14-15H2,1-3H3,(H,30,35)(H,31,37)/b12-5+/t17-/m0/s1. The Balaban J connectivity index is 1.74. The number of carbonyl (C=O) groups excluding carboxylic acids is 3. The molecule has 0 bridgehead atoms. The SMILES string of the molecule is COC(=O)N[C@@H](CC/C=C/C(=O)N(C)C)C(=O)Nc1cccn(Cc2nc3cccc(OCC(F)F)c3s2)c1=O. The van der Waals surface area contributed by atoms with Gasteiger partial charge >= 0.3 is 6.09 Å². The lowest BCUT2D eigenvalue weighted by atomic mass is 10.1. The number of nitrogens with one attached hydrogen (secondary N) is 2. The number of fused-ring (bicyclic) bond motifs is 1. The van der Waals surface area contributed by atoms with E-state index in [-0.39, 0.29) is 30.3 Å². The van der Waals surface area contributed by atoms with Gasteiger partial charge in [0.2, 0.25) is 11.8 Å². The second kappa shape index (κ2) is 14.2. The summed E-state index contributed by atoms with van der Waals surface area (Å²) in [5.74, 6) is -0.592. The van der Waals surface area contributed by atoms with E-state index < -0.39 is 36.6 Å². The maximum absolute atomic E-state index is 13.1. The van der Waals surface area contributed by atoms with Crippen LogP contribution in [-0.2, 0) is 20.9 Å². The van der Waals surface area contributed by atoms with Crippen LogP contribution in [0.4, 0.5) is 19.3 Å². The number of methoxy groups -OCH3 is 1. The number of halogens is 2. The maximum Gasteiger partial charge on any atom is 0.407 e. The fraction of sp³-hybridized carbons (Fsp3) is 0.346. The fourth-order valence-corrected chi connectivity index (χ4v) is 4.52. The molecule has 0 saturated heterocycles. The van der Waals surface area contributed by atoms with E-state index in [1.54, 1.807) is 44.4 Å². The molecule has 2 N–H and O–H groups in total. The molecular formula is C26H29F2N5O6S. The first kappa shape index (κ1) is 30.2. The number of rotatable bonds is 12. The quantitative estimate of drug-likeness (QED) is 0.316. The molecule has 2 aromatic heterocycles. The number of anilines is 1. The number of allylic oxidation sites excluding steroid dienone is 1. The van der Waals surface area contributed by atoms with Crippen molar-refractivity contribution < 1.29 is 32.6 Å². The number of benzene rings is 1. The van der Waals surface area contributed by atoms with E-state index in [1.165, 1.54) is 39.1 Å². The Labute approximate surface area is 232 Å². The van der Waals surface area contributed by atoms with Crippen molar-refractivity contribution >= 4 is 45.1 Å². The summed E-state index contributed by atoms with van der Waals surface area (Å²) in [5, 5.41) is 5.50. The molecule has 40 heavy (non-hydrogen) atoms. The van der Waals surface area contributed by atoms with Crippen molar-refractivity contribution in [3.63, 3.8) is 0 Å². The van der Waals surface area contributed by atoms with Crippen LogP contribution in [0.2, 0.25) is 0 Å². The van der Waals surface area contributed by atoms with Crippen molar-refractivity contribution in [3.05, 3.63) is 64.0 Å². The van der Waals surface area contributed by atoms with Gasteiger partial charge in [-0.25, -0.2) is 18.6 Å². The third-order valence-corrected chi connectivity index (χ3v) is 6.56. The number of amides is 3. The topological polar surface area (TPSA) is 132 Å². The van der Waals surface area contributed by atoms with Gasteiger partial charge < -0.3 is 29.6 Å². The third-order valence-electron chi connectivity index (χ3n) is 5.49.